The zero-order valence-electron chi connectivity index (χ0n) is 19.8. The summed E-state index contributed by atoms with van der Waals surface area (Å²) in [5.74, 6) is 0. The van der Waals surface area contributed by atoms with Gasteiger partial charge >= 0.3 is 0 Å². The van der Waals surface area contributed by atoms with Crippen molar-refractivity contribution < 1.29 is 0 Å². The first-order chi connectivity index (χ1) is 16.4. The first-order valence-corrected chi connectivity index (χ1v) is 12.5. The Labute approximate surface area is 199 Å². The first-order valence-electron chi connectivity index (χ1n) is 12.5. The average Bonchev–Trinajstić information content (AvgIpc) is 2.88. The van der Waals surface area contributed by atoms with Crippen molar-refractivity contribution in [3.05, 3.63) is 115 Å². The fourth-order valence-corrected chi connectivity index (χ4v) is 4.60. The Morgan fingerprint density at radius 1 is 0.515 bits per heavy atom. The van der Waals surface area contributed by atoms with Crippen LogP contribution in [0.1, 0.15) is 51.0 Å². The smallest absolute Gasteiger partial charge is 0.0542 e. The van der Waals surface area contributed by atoms with Crippen molar-refractivity contribution >= 4 is 17.1 Å². The number of benzene rings is 4. The maximum atomic E-state index is 2.40. The number of aryl methyl sites for hydroxylation is 1. The van der Waals surface area contributed by atoms with Gasteiger partial charge in [0.25, 0.3) is 0 Å². The summed E-state index contributed by atoms with van der Waals surface area (Å²) in [5, 5.41) is 0. The Bertz CT molecular complexity index is 1050. The third-order valence-electron chi connectivity index (χ3n) is 6.26. The highest BCUT2D eigenvalue weighted by atomic mass is 15.1. The van der Waals surface area contributed by atoms with Gasteiger partial charge in [-0.3, -0.25) is 0 Å². The Morgan fingerprint density at radius 3 is 1.67 bits per heavy atom. The van der Waals surface area contributed by atoms with Crippen molar-refractivity contribution in [3.63, 3.8) is 0 Å². The fourth-order valence-electron chi connectivity index (χ4n) is 4.60. The molecule has 0 saturated heterocycles. The molecule has 0 aliphatic carbocycles. The van der Waals surface area contributed by atoms with E-state index in [2.05, 4.69) is 121 Å². The molecule has 0 aliphatic heterocycles. The largest absolute Gasteiger partial charge is 0.310 e. The second kappa shape index (κ2) is 12.1. The predicted molar refractivity (Wildman–Crippen MR) is 144 cm³/mol. The topological polar surface area (TPSA) is 3.24 Å². The van der Waals surface area contributed by atoms with E-state index in [4.69, 9.17) is 0 Å². The van der Waals surface area contributed by atoms with Gasteiger partial charge in [0.05, 0.1) is 5.69 Å². The number of rotatable bonds is 11. The number of unbranched alkanes of at least 4 members (excludes halogenated alkanes) is 5. The van der Waals surface area contributed by atoms with Crippen LogP contribution in [0.4, 0.5) is 17.1 Å². The molecule has 0 spiro atoms. The molecule has 0 amide bonds. The molecule has 0 heterocycles. The van der Waals surface area contributed by atoms with Crippen LogP contribution < -0.4 is 4.90 Å². The highest BCUT2D eigenvalue weighted by molar-refractivity contribution is 5.89. The van der Waals surface area contributed by atoms with E-state index in [1.807, 2.05) is 0 Å². The van der Waals surface area contributed by atoms with Crippen molar-refractivity contribution in [2.45, 2.75) is 51.9 Å². The van der Waals surface area contributed by atoms with Crippen molar-refractivity contribution in [1.29, 1.82) is 0 Å². The summed E-state index contributed by atoms with van der Waals surface area (Å²) in [7, 11) is 0. The van der Waals surface area contributed by atoms with Gasteiger partial charge in [-0.2, -0.15) is 0 Å². The second-order valence-electron chi connectivity index (χ2n) is 8.70. The molecule has 168 valence electrons. The number of nitrogens with zero attached hydrogens (tertiary/aromatic N) is 1. The molecule has 4 aromatic carbocycles. The van der Waals surface area contributed by atoms with Crippen LogP contribution in [-0.4, -0.2) is 0 Å². The van der Waals surface area contributed by atoms with E-state index in [1.54, 1.807) is 0 Å². The monoisotopic (exact) mass is 433 g/mol. The van der Waals surface area contributed by atoms with Crippen molar-refractivity contribution in [3.8, 4) is 11.1 Å². The molecule has 0 bridgehead atoms. The molecule has 1 nitrogen and oxygen atoms in total. The third-order valence-corrected chi connectivity index (χ3v) is 6.26. The second-order valence-corrected chi connectivity index (χ2v) is 8.70. The highest BCUT2D eigenvalue weighted by Gasteiger charge is 2.19. The van der Waals surface area contributed by atoms with E-state index >= 15 is 0 Å². The van der Waals surface area contributed by atoms with Crippen LogP contribution in [0.3, 0.4) is 0 Å². The lowest BCUT2D eigenvalue weighted by molar-refractivity contribution is 0.608. The molecule has 0 fully saturated rings. The van der Waals surface area contributed by atoms with Crippen LogP contribution in [0.15, 0.2) is 109 Å². The Hall–Kier alpha value is -3.32. The van der Waals surface area contributed by atoms with Crippen LogP contribution in [0.5, 0.6) is 0 Å². The van der Waals surface area contributed by atoms with Crippen LogP contribution >= 0.6 is 0 Å². The van der Waals surface area contributed by atoms with Gasteiger partial charge in [0.1, 0.15) is 0 Å². The van der Waals surface area contributed by atoms with E-state index < -0.39 is 0 Å². The zero-order valence-corrected chi connectivity index (χ0v) is 19.8. The minimum Gasteiger partial charge on any atom is -0.310 e. The highest BCUT2D eigenvalue weighted by Crippen LogP contribution is 2.42. The molecule has 4 rings (SSSR count). The molecule has 0 unspecified atom stereocenters. The van der Waals surface area contributed by atoms with E-state index in [9.17, 15) is 0 Å². The van der Waals surface area contributed by atoms with Crippen molar-refractivity contribution in [2.24, 2.45) is 0 Å². The summed E-state index contributed by atoms with van der Waals surface area (Å²) in [4.78, 5) is 2.40. The first kappa shape index (κ1) is 22.9. The predicted octanol–water partition coefficient (Wildman–Crippen LogP) is 9.73. The van der Waals surface area contributed by atoms with Gasteiger partial charge in [0.15, 0.2) is 0 Å². The van der Waals surface area contributed by atoms with E-state index in [0.717, 1.165) is 6.42 Å². The number of hydrogen-bond acceptors (Lipinski definition) is 1. The minimum atomic E-state index is 1.11. The summed E-state index contributed by atoms with van der Waals surface area (Å²) < 4.78 is 0. The fraction of sp³-hybridized carbons (Fsp3) is 0.250. The lowest BCUT2D eigenvalue weighted by Crippen LogP contribution is -2.12. The molecular weight excluding hydrogens is 398 g/mol. The molecule has 0 aliphatic rings. The summed E-state index contributed by atoms with van der Waals surface area (Å²) in [6, 6.07) is 39.1. The van der Waals surface area contributed by atoms with Gasteiger partial charge in [-0.1, -0.05) is 118 Å². The standard InChI is InChI=1S/C32H35N/c1-2-3-4-5-6-10-18-28-21-17-26-31(32(28)27-19-11-7-12-20-27)33(29-22-13-8-14-23-29)30-24-15-9-16-25-30/h7-9,11-17,19-26H,2-6,10,18H2,1H3. The van der Waals surface area contributed by atoms with Gasteiger partial charge in [0, 0.05) is 16.9 Å². The summed E-state index contributed by atoms with van der Waals surface area (Å²) in [6.45, 7) is 2.28. The Morgan fingerprint density at radius 2 is 1.06 bits per heavy atom. The van der Waals surface area contributed by atoms with Crippen molar-refractivity contribution in [2.75, 3.05) is 4.90 Å². The van der Waals surface area contributed by atoms with E-state index in [0.29, 0.717) is 0 Å². The molecule has 0 aromatic heterocycles. The minimum absolute atomic E-state index is 1.11. The Kier molecular flexibility index (Phi) is 8.36. The van der Waals surface area contributed by atoms with E-state index in [-0.39, 0.29) is 0 Å². The normalized spacial score (nSPS) is 10.8. The summed E-state index contributed by atoms with van der Waals surface area (Å²) in [6.07, 6.45) is 9.01. The van der Waals surface area contributed by atoms with E-state index in [1.165, 1.54) is 72.3 Å². The lowest BCUT2D eigenvalue weighted by Gasteiger charge is -2.29. The van der Waals surface area contributed by atoms with Gasteiger partial charge < -0.3 is 4.90 Å². The molecule has 33 heavy (non-hydrogen) atoms. The van der Waals surface area contributed by atoms with Gasteiger partial charge in [-0.05, 0) is 54.3 Å². The van der Waals surface area contributed by atoms with Gasteiger partial charge in [-0.25, -0.2) is 0 Å². The van der Waals surface area contributed by atoms with Crippen molar-refractivity contribution in [1.82, 2.24) is 0 Å². The average molecular weight is 434 g/mol. The van der Waals surface area contributed by atoms with Crippen LogP contribution in [0.25, 0.3) is 11.1 Å². The summed E-state index contributed by atoms with van der Waals surface area (Å²) in [5.41, 5.74) is 7.66. The number of para-hydroxylation sites is 2. The van der Waals surface area contributed by atoms with Crippen LogP contribution in [0.2, 0.25) is 0 Å². The van der Waals surface area contributed by atoms with Gasteiger partial charge in [-0.15, -0.1) is 0 Å². The van der Waals surface area contributed by atoms with Crippen LogP contribution in [0, 0.1) is 0 Å². The maximum absolute atomic E-state index is 2.40. The lowest BCUT2D eigenvalue weighted by atomic mass is 9.93. The number of hydrogen-bond donors (Lipinski definition) is 0. The van der Waals surface area contributed by atoms with Gasteiger partial charge in [0.2, 0.25) is 0 Å². The molecule has 0 atom stereocenters. The molecule has 1 heteroatoms. The number of anilines is 3. The van der Waals surface area contributed by atoms with Crippen LogP contribution in [-0.2, 0) is 6.42 Å². The molecular formula is C32H35N. The SMILES string of the molecule is CCCCCCCCc1cccc(N(c2ccccc2)c2ccccc2)c1-c1ccccc1. The molecule has 4 aromatic rings. The Balaban J connectivity index is 1.76. The molecule has 0 radical (unpaired) electrons. The summed E-state index contributed by atoms with van der Waals surface area (Å²) >= 11 is 0. The zero-order chi connectivity index (χ0) is 22.7. The quantitative estimate of drug-likeness (QED) is 0.213. The third kappa shape index (κ3) is 5.93. The molecule has 0 N–H and O–H groups in total. The maximum Gasteiger partial charge on any atom is 0.0542 e. The molecule has 0 saturated carbocycles.